The molecule has 0 atom stereocenters. The van der Waals surface area contributed by atoms with Crippen molar-refractivity contribution in [3.8, 4) is 0 Å². The number of carboxylic acid groups (broad SMARTS) is 1. The maximum atomic E-state index is 12.0. The molecule has 1 heterocycles. The number of aromatic carboxylic acids is 1. The van der Waals surface area contributed by atoms with Crippen molar-refractivity contribution < 1.29 is 14.7 Å². The molecule has 0 unspecified atom stereocenters. The van der Waals surface area contributed by atoms with Crippen molar-refractivity contribution in [1.29, 1.82) is 0 Å². The number of halogens is 3. The maximum Gasteiger partial charge on any atom is 0.358 e. The van der Waals surface area contributed by atoms with E-state index in [4.69, 9.17) is 5.11 Å². The van der Waals surface area contributed by atoms with E-state index in [0.717, 1.165) is 16.4 Å². The SMILES string of the molecule is O=C(Cn1cc(C(=O)O)nn1)Nc1c(I)cc(I)cc1I. The van der Waals surface area contributed by atoms with Crippen molar-refractivity contribution in [2.75, 3.05) is 5.32 Å². The Labute approximate surface area is 160 Å². The van der Waals surface area contributed by atoms with Gasteiger partial charge in [0.1, 0.15) is 6.54 Å². The van der Waals surface area contributed by atoms with Gasteiger partial charge in [-0.3, -0.25) is 4.79 Å². The number of nitrogens with zero attached hydrogens (tertiary/aromatic N) is 3. The van der Waals surface area contributed by atoms with E-state index in [9.17, 15) is 9.59 Å². The van der Waals surface area contributed by atoms with Crippen LogP contribution in [0.4, 0.5) is 5.69 Å². The number of amides is 1. The zero-order chi connectivity index (χ0) is 15.6. The number of aromatic nitrogens is 3. The average Bonchev–Trinajstić information content (AvgIpc) is 2.82. The molecule has 0 aliphatic rings. The molecule has 0 bridgehead atoms. The number of anilines is 1. The third-order valence-corrected chi connectivity index (χ3v) is 4.66. The number of carbonyl (C=O) groups is 2. The fourth-order valence-electron chi connectivity index (χ4n) is 1.46. The summed E-state index contributed by atoms with van der Waals surface area (Å²) in [5.74, 6) is -1.47. The topological polar surface area (TPSA) is 97.1 Å². The van der Waals surface area contributed by atoms with Gasteiger partial charge >= 0.3 is 5.97 Å². The minimum Gasteiger partial charge on any atom is -0.476 e. The highest BCUT2D eigenvalue weighted by Crippen LogP contribution is 2.27. The van der Waals surface area contributed by atoms with Crippen LogP contribution in [-0.4, -0.2) is 32.0 Å². The molecule has 0 saturated carbocycles. The lowest BCUT2D eigenvalue weighted by atomic mass is 10.3. The van der Waals surface area contributed by atoms with Crippen molar-refractivity contribution in [2.24, 2.45) is 0 Å². The van der Waals surface area contributed by atoms with E-state index in [2.05, 4.69) is 83.4 Å². The number of rotatable bonds is 4. The van der Waals surface area contributed by atoms with Crippen molar-refractivity contribution in [2.45, 2.75) is 6.54 Å². The average molecular weight is 624 g/mol. The summed E-state index contributed by atoms with van der Waals surface area (Å²) in [6.07, 6.45) is 1.21. The van der Waals surface area contributed by atoms with Crippen LogP contribution in [0.2, 0.25) is 0 Å². The smallest absolute Gasteiger partial charge is 0.358 e. The lowest BCUT2D eigenvalue weighted by Gasteiger charge is -2.10. The minimum atomic E-state index is -1.18. The Bertz CT molecular complexity index is 693. The molecule has 7 nitrogen and oxygen atoms in total. The van der Waals surface area contributed by atoms with E-state index in [-0.39, 0.29) is 18.1 Å². The lowest BCUT2D eigenvalue weighted by molar-refractivity contribution is -0.116. The van der Waals surface area contributed by atoms with Gasteiger partial charge < -0.3 is 10.4 Å². The van der Waals surface area contributed by atoms with E-state index < -0.39 is 5.97 Å². The summed E-state index contributed by atoms with van der Waals surface area (Å²) in [5, 5.41) is 18.6. The fraction of sp³-hybridized carbons (Fsp3) is 0.0909. The molecule has 0 aliphatic carbocycles. The molecule has 0 spiro atoms. The van der Waals surface area contributed by atoms with Gasteiger partial charge in [-0.15, -0.1) is 5.10 Å². The van der Waals surface area contributed by atoms with Crippen LogP contribution in [-0.2, 0) is 11.3 Å². The van der Waals surface area contributed by atoms with Gasteiger partial charge in [-0.2, -0.15) is 0 Å². The standard InChI is InChI=1S/C11H7I3N4O3/c12-5-1-6(13)10(7(14)2-5)15-9(19)4-18-3-8(11(20)21)16-17-18/h1-3H,4H2,(H,15,19)(H,20,21). The zero-order valence-electron chi connectivity index (χ0n) is 10.2. The van der Waals surface area contributed by atoms with Gasteiger partial charge in [0.25, 0.3) is 0 Å². The molecule has 10 heteroatoms. The molecule has 2 rings (SSSR count). The number of carbonyl (C=O) groups excluding carboxylic acids is 1. The second kappa shape index (κ2) is 7.17. The Morgan fingerprint density at radius 2 is 1.86 bits per heavy atom. The predicted molar refractivity (Wildman–Crippen MR) is 100 cm³/mol. The Hall–Kier alpha value is -0.510. The fourth-order valence-corrected chi connectivity index (χ4v) is 5.31. The molecular formula is C11H7I3N4O3. The van der Waals surface area contributed by atoms with E-state index in [0.29, 0.717) is 0 Å². The highest BCUT2D eigenvalue weighted by atomic mass is 127. The summed E-state index contributed by atoms with van der Waals surface area (Å²) >= 11 is 6.51. The van der Waals surface area contributed by atoms with Crippen LogP contribution in [0.1, 0.15) is 10.5 Å². The molecule has 1 aromatic carbocycles. The van der Waals surface area contributed by atoms with Crippen molar-refractivity contribution in [3.05, 3.63) is 34.7 Å². The van der Waals surface area contributed by atoms with Crippen LogP contribution < -0.4 is 5.32 Å². The van der Waals surface area contributed by atoms with Gasteiger partial charge in [0, 0.05) is 10.7 Å². The van der Waals surface area contributed by atoms with Gasteiger partial charge in [0.2, 0.25) is 5.91 Å². The first kappa shape index (κ1) is 16.9. The first-order valence-electron chi connectivity index (χ1n) is 5.44. The van der Waals surface area contributed by atoms with Crippen LogP contribution in [0, 0.1) is 10.7 Å². The summed E-state index contributed by atoms with van der Waals surface area (Å²) in [6.45, 7) is -0.0988. The largest absolute Gasteiger partial charge is 0.476 e. The van der Waals surface area contributed by atoms with Gasteiger partial charge in [0.05, 0.1) is 11.9 Å². The molecule has 0 fully saturated rings. The third-order valence-electron chi connectivity index (χ3n) is 2.33. The first-order chi connectivity index (χ1) is 9.86. The Morgan fingerprint density at radius 1 is 1.24 bits per heavy atom. The Morgan fingerprint density at radius 3 is 2.38 bits per heavy atom. The molecule has 21 heavy (non-hydrogen) atoms. The molecule has 2 aromatic rings. The third kappa shape index (κ3) is 4.48. The minimum absolute atomic E-state index is 0.0988. The summed E-state index contributed by atoms with van der Waals surface area (Å²) in [6, 6.07) is 3.91. The van der Waals surface area contributed by atoms with Crippen LogP contribution >= 0.6 is 67.8 Å². The maximum absolute atomic E-state index is 12.0. The van der Waals surface area contributed by atoms with E-state index >= 15 is 0 Å². The molecule has 2 N–H and O–H groups in total. The van der Waals surface area contributed by atoms with Gasteiger partial charge in [-0.1, -0.05) is 5.21 Å². The normalized spacial score (nSPS) is 10.4. The number of hydrogen-bond acceptors (Lipinski definition) is 4. The van der Waals surface area contributed by atoms with Crippen molar-refractivity contribution in [1.82, 2.24) is 15.0 Å². The summed E-state index contributed by atoms with van der Waals surface area (Å²) in [7, 11) is 0. The Kier molecular flexibility index (Phi) is 5.75. The summed E-state index contributed by atoms with van der Waals surface area (Å²) < 4.78 is 4.14. The van der Waals surface area contributed by atoms with Gasteiger partial charge in [-0.25, -0.2) is 9.48 Å². The Balaban J connectivity index is 2.10. The molecular weight excluding hydrogens is 617 g/mol. The molecule has 0 saturated heterocycles. The molecule has 1 aromatic heterocycles. The van der Waals surface area contributed by atoms with E-state index in [1.54, 1.807) is 0 Å². The van der Waals surface area contributed by atoms with E-state index in [1.807, 2.05) is 12.1 Å². The molecule has 110 valence electrons. The monoisotopic (exact) mass is 624 g/mol. The van der Waals surface area contributed by atoms with Gasteiger partial charge in [-0.05, 0) is 79.9 Å². The number of nitrogens with one attached hydrogen (secondary N) is 1. The molecule has 1 amide bonds. The molecule has 0 aliphatic heterocycles. The predicted octanol–water partition coefficient (Wildman–Crippen LogP) is 2.43. The number of benzene rings is 1. The second-order valence-electron chi connectivity index (χ2n) is 3.90. The zero-order valence-corrected chi connectivity index (χ0v) is 16.7. The number of carboxylic acids is 1. The summed E-state index contributed by atoms with van der Waals surface area (Å²) in [4.78, 5) is 22.7. The second-order valence-corrected chi connectivity index (χ2v) is 7.47. The first-order valence-corrected chi connectivity index (χ1v) is 8.68. The number of hydrogen-bond donors (Lipinski definition) is 2. The molecule has 0 radical (unpaired) electrons. The highest BCUT2D eigenvalue weighted by molar-refractivity contribution is 14.1. The van der Waals surface area contributed by atoms with Crippen LogP contribution in [0.5, 0.6) is 0 Å². The van der Waals surface area contributed by atoms with Crippen LogP contribution in [0.15, 0.2) is 18.3 Å². The highest BCUT2D eigenvalue weighted by Gasteiger charge is 2.13. The van der Waals surface area contributed by atoms with Gasteiger partial charge in [0.15, 0.2) is 5.69 Å². The quantitative estimate of drug-likeness (QED) is 0.511. The van der Waals surface area contributed by atoms with E-state index in [1.165, 1.54) is 10.9 Å². The van der Waals surface area contributed by atoms with Crippen molar-refractivity contribution in [3.63, 3.8) is 0 Å². The van der Waals surface area contributed by atoms with Crippen LogP contribution in [0.3, 0.4) is 0 Å². The lowest BCUT2D eigenvalue weighted by Crippen LogP contribution is -2.20. The summed E-state index contributed by atoms with van der Waals surface area (Å²) in [5.41, 5.74) is 0.543. The van der Waals surface area contributed by atoms with Crippen LogP contribution in [0.25, 0.3) is 0 Å². The van der Waals surface area contributed by atoms with Crippen molar-refractivity contribution >= 4 is 85.3 Å².